The van der Waals surface area contributed by atoms with Gasteiger partial charge in [-0.05, 0) is 17.7 Å². The third-order valence-electron chi connectivity index (χ3n) is 5.47. The van der Waals surface area contributed by atoms with Gasteiger partial charge in [0.15, 0.2) is 0 Å². The molecule has 2 aromatic rings. The van der Waals surface area contributed by atoms with Gasteiger partial charge in [0.1, 0.15) is 18.5 Å². The molecule has 1 aliphatic heterocycles. The first-order valence-corrected chi connectivity index (χ1v) is 10.2. The zero-order chi connectivity index (χ0) is 19.8. The van der Waals surface area contributed by atoms with E-state index in [1.807, 2.05) is 48.5 Å². The van der Waals surface area contributed by atoms with Crippen LogP contribution in [0.5, 0.6) is 5.75 Å². The van der Waals surface area contributed by atoms with Crippen LogP contribution in [-0.2, 0) is 0 Å². The fourth-order valence-electron chi connectivity index (χ4n) is 3.62. The molecular formula is C23H32N2O3. The summed E-state index contributed by atoms with van der Waals surface area (Å²) in [5.74, 6) is 0.907. The fraction of sp³-hybridized carbons (Fsp3) is 0.478. The first-order chi connectivity index (χ1) is 13.6. The number of ether oxygens (including phenoxy) is 1. The van der Waals surface area contributed by atoms with Crippen molar-refractivity contribution in [2.45, 2.75) is 25.0 Å². The minimum Gasteiger partial charge on any atom is -0.491 e. The Labute approximate surface area is 168 Å². The van der Waals surface area contributed by atoms with Crippen LogP contribution >= 0.6 is 0 Å². The van der Waals surface area contributed by atoms with Crippen molar-refractivity contribution in [3.05, 3.63) is 66.2 Å². The molecule has 2 N–H and O–H groups in total. The number of β-amino-alcohol motifs (C(OH)–C–C–N with tert-alkyl or cyclic N) is 2. The van der Waals surface area contributed by atoms with Gasteiger partial charge in [0.25, 0.3) is 0 Å². The number of hydrogen-bond donors (Lipinski definition) is 2. The molecule has 1 heterocycles. The van der Waals surface area contributed by atoms with Gasteiger partial charge >= 0.3 is 0 Å². The number of piperazine rings is 1. The van der Waals surface area contributed by atoms with Crippen LogP contribution in [0.1, 0.15) is 18.4 Å². The number of rotatable bonds is 9. The van der Waals surface area contributed by atoms with Gasteiger partial charge in [-0.25, -0.2) is 0 Å². The maximum absolute atomic E-state index is 10.6. The van der Waals surface area contributed by atoms with Crippen LogP contribution in [0.4, 0.5) is 0 Å². The lowest BCUT2D eigenvalue weighted by Gasteiger charge is -2.37. The zero-order valence-corrected chi connectivity index (χ0v) is 16.7. The van der Waals surface area contributed by atoms with Gasteiger partial charge in [-0.2, -0.15) is 0 Å². The third-order valence-corrected chi connectivity index (χ3v) is 5.47. The van der Waals surface area contributed by atoms with Crippen LogP contribution in [0.2, 0.25) is 0 Å². The van der Waals surface area contributed by atoms with Gasteiger partial charge in [-0.15, -0.1) is 0 Å². The van der Waals surface area contributed by atoms with Crippen molar-refractivity contribution in [1.29, 1.82) is 0 Å². The second kappa shape index (κ2) is 10.6. The smallest absolute Gasteiger partial charge is 0.119 e. The van der Waals surface area contributed by atoms with Crippen molar-refractivity contribution in [3.63, 3.8) is 0 Å². The monoisotopic (exact) mass is 384 g/mol. The second-order valence-corrected chi connectivity index (χ2v) is 7.65. The quantitative estimate of drug-likeness (QED) is 0.694. The van der Waals surface area contributed by atoms with E-state index in [-0.39, 0.29) is 12.0 Å². The van der Waals surface area contributed by atoms with Crippen LogP contribution in [-0.4, -0.2) is 78.1 Å². The Morgan fingerprint density at radius 2 is 1.36 bits per heavy atom. The fourth-order valence-corrected chi connectivity index (χ4v) is 3.62. The summed E-state index contributed by atoms with van der Waals surface area (Å²) in [4.78, 5) is 4.58. The molecule has 1 saturated heterocycles. The van der Waals surface area contributed by atoms with E-state index in [4.69, 9.17) is 4.74 Å². The molecule has 3 unspecified atom stereocenters. The van der Waals surface area contributed by atoms with Gasteiger partial charge in [0.2, 0.25) is 0 Å². The minimum absolute atomic E-state index is 0.121. The molecule has 0 aliphatic carbocycles. The number of aliphatic hydroxyl groups is 2. The molecule has 0 amide bonds. The number of aliphatic hydroxyl groups excluding tert-OH is 2. The van der Waals surface area contributed by atoms with Crippen molar-refractivity contribution in [1.82, 2.24) is 9.80 Å². The molecule has 2 aromatic carbocycles. The highest BCUT2D eigenvalue weighted by Crippen LogP contribution is 2.20. The highest BCUT2D eigenvalue weighted by Gasteiger charge is 2.24. The van der Waals surface area contributed by atoms with Gasteiger partial charge in [-0.3, -0.25) is 9.80 Å². The van der Waals surface area contributed by atoms with Crippen LogP contribution in [0.25, 0.3) is 0 Å². The minimum atomic E-state index is -0.504. The highest BCUT2D eigenvalue weighted by atomic mass is 16.5. The topological polar surface area (TPSA) is 56.2 Å². The summed E-state index contributed by atoms with van der Waals surface area (Å²) in [6, 6.07) is 19.8. The summed E-state index contributed by atoms with van der Waals surface area (Å²) in [6.45, 7) is 7.30. The molecule has 0 aromatic heterocycles. The van der Waals surface area contributed by atoms with E-state index in [0.717, 1.165) is 31.9 Å². The Bertz CT molecular complexity index is 675. The summed E-state index contributed by atoms with van der Waals surface area (Å²) < 4.78 is 5.63. The Morgan fingerprint density at radius 1 is 0.821 bits per heavy atom. The number of hydrogen-bond acceptors (Lipinski definition) is 5. The summed E-state index contributed by atoms with van der Waals surface area (Å²) in [7, 11) is 0. The Kier molecular flexibility index (Phi) is 7.86. The van der Waals surface area contributed by atoms with Crippen LogP contribution in [0.15, 0.2) is 60.7 Å². The summed E-state index contributed by atoms with van der Waals surface area (Å²) >= 11 is 0. The summed E-state index contributed by atoms with van der Waals surface area (Å²) in [5.41, 5.74) is 1.18. The first kappa shape index (κ1) is 20.8. The molecule has 0 bridgehead atoms. The van der Waals surface area contributed by atoms with E-state index in [1.54, 1.807) is 0 Å². The van der Waals surface area contributed by atoms with Crippen LogP contribution in [0.3, 0.4) is 0 Å². The van der Waals surface area contributed by atoms with E-state index < -0.39 is 6.10 Å². The van der Waals surface area contributed by atoms with E-state index in [9.17, 15) is 10.2 Å². The zero-order valence-electron chi connectivity index (χ0n) is 16.7. The predicted molar refractivity (Wildman–Crippen MR) is 112 cm³/mol. The molecule has 1 aliphatic rings. The van der Waals surface area contributed by atoms with Crippen LogP contribution in [0, 0.1) is 0 Å². The number of nitrogens with zero attached hydrogens (tertiary/aromatic N) is 2. The van der Waals surface area contributed by atoms with Crippen molar-refractivity contribution in [2.24, 2.45) is 0 Å². The number of benzene rings is 2. The summed E-state index contributed by atoms with van der Waals surface area (Å²) in [6.07, 6.45) is -0.880. The molecule has 0 spiro atoms. The molecule has 0 saturated carbocycles. The highest BCUT2D eigenvalue weighted by molar-refractivity contribution is 5.21. The van der Waals surface area contributed by atoms with Gasteiger partial charge < -0.3 is 14.9 Å². The van der Waals surface area contributed by atoms with Gasteiger partial charge in [0.05, 0.1) is 6.10 Å². The Morgan fingerprint density at radius 3 is 1.96 bits per heavy atom. The third kappa shape index (κ3) is 6.31. The standard InChI is InChI=1S/C23H32N2O3/c1-19(20-8-4-2-5-9-20)23(27)17-25-14-12-24(13-15-25)16-21(26)18-28-22-10-6-3-7-11-22/h2-11,19,21,23,26-27H,12-18H2,1H3. The van der Waals surface area contributed by atoms with Crippen molar-refractivity contribution in [2.75, 3.05) is 45.9 Å². The molecule has 3 atom stereocenters. The first-order valence-electron chi connectivity index (χ1n) is 10.2. The van der Waals surface area contributed by atoms with E-state index in [1.165, 1.54) is 5.56 Å². The molecule has 152 valence electrons. The predicted octanol–water partition coefficient (Wildman–Crippen LogP) is 2.21. The molecule has 28 heavy (non-hydrogen) atoms. The maximum atomic E-state index is 10.6. The Hall–Kier alpha value is -1.92. The molecule has 1 fully saturated rings. The van der Waals surface area contributed by atoms with Crippen molar-refractivity contribution >= 4 is 0 Å². The van der Waals surface area contributed by atoms with Gasteiger partial charge in [-0.1, -0.05) is 55.5 Å². The van der Waals surface area contributed by atoms with E-state index in [2.05, 4.69) is 28.9 Å². The lowest BCUT2D eigenvalue weighted by atomic mass is 9.95. The molecular weight excluding hydrogens is 352 g/mol. The largest absolute Gasteiger partial charge is 0.491 e. The molecule has 0 radical (unpaired) electrons. The molecule has 3 rings (SSSR count). The lowest BCUT2D eigenvalue weighted by Crippen LogP contribution is -2.51. The lowest BCUT2D eigenvalue weighted by molar-refractivity contribution is 0.0297. The summed E-state index contributed by atoms with van der Waals surface area (Å²) in [5, 5.41) is 20.9. The van der Waals surface area contributed by atoms with Crippen molar-refractivity contribution in [3.8, 4) is 5.75 Å². The molecule has 5 heteroatoms. The van der Waals surface area contributed by atoms with E-state index in [0.29, 0.717) is 19.7 Å². The van der Waals surface area contributed by atoms with Crippen molar-refractivity contribution < 1.29 is 14.9 Å². The van der Waals surface area contributed by atoms with Crippen LogP contribution < -0.4 is 4.74 Å². The average Bonchev–Trinajstić information content (AvgIpc) is 2.74. The average molecular weight is 385 g/mol. The molecule has 5 nitrogen and oxygen atoms in total. The van der Waals surface area contributed by atoms with Gasteiger partial charge in [0, 0.05) is 45.2 Å². The Balaban J connectivity index is 1.36. The van der Waals surface area contributed by atoms with E-state index >= 15 is 0 Å². The number of para-hydroxylation sites is 1. The SMILES string of the molecule is CC(c1ccccc1)C(O)CN1CCN(CC(O)COc2ccccc2)CC1. The maximum Gasteiger partial charge on any atom is 0.119 e. The normalized spacial score (nSPS) is 19.1. The second-order valence-electron chi connectivity index (χ2n) is 7.65.